The largest absolute Gasteiger partial charge is 0.435 e. The number of pyridine rings is 1. The highest BCUT2D eigenvalue weighted by molar-refractivity contribution is 9.10. The molecular weight excluding hydrogens is 348 g/mol. The topological polar surface area (TPSA) is 80.7 Å². The molecule has 2 aromatic rings. The lowest BCUT2D eigenvalue weighted by Gasteiger charge is -2.11. The van der Waals surface area contributed by atoms with E-state index >= 15 is 0 Å². The molecule has 21 heavy (non-hydrogen) atoms. The molecule has 1 heterocycles. The number of amidine groups is 1. The minimum Gasteiger partial charge on any atom is -0.435 e. The van der Waals surface area contributed by atoms with E-state index in [1.54, 1.807) is 13.0 Å². The number of aryl methyl sites for hydroxylation is 1. The zero-order valence-electron chi connectivity index (χ0n) is 10.8. The molecule has 2 rings (SSSR count). The maximum atomic E-state index is 13.7. The molecule has 0 amide bonds. The average molecular weight is 358 g/mol. The van der Waals surface area contributed by atoms with E-state index < -0.39 is 11.6 Å². The smallest absolute Gasteiger partial charge is 0.230 e. The Hall–Kier alpha value is -2.22. The van der Waals surface area contributed by atoms with Crippen LogP contribution in [0.1, 0.15) is 11.3 Å². The van der Waals surface area contributed by atoms with Gasteiger partial charge in [-0.2, -0.15) is 4.39 Å². The van der Waals surface area contributed by atoms with Gasteiger partial charge in [0, 0.05) is 10.2 Å². The lowest BCUT2D eigenvalue weighted by Crippen LogP contribution is -2.15. The Morgan fingerprint density at radius 1 is 1.38 bits per heavy atom. The SMILES string of the molecule is Cc1ccc(/C(N)=N/O)c(Oc2cc(Br)cc(F)c2F)n1. The van der Waals surface area contributed by atoms with Crippen molar-refractivity contribution in [3.63, 3.8) is 0 Å². The summed E-state index contributed by atoms with van der Waals surface area (Å²) in [6, 6.07) is 5.33. The van der Waals surface area contributed by atoms with Crippen molar-refractivity contribution in [2.45, 2.75) is 6.92 Å². The standard InChI is InChI=1S/C13H10BrF2N3O2/c1-6-2-3-8(12(17)19-20)13(18-6)21-10-5-7(14)4-9(15)11(10)16/h2-5,20H,1H3,(H2,17,19). The third-order valence-electron chi connectivity index (χ3n) is 2.55. The lowest BCUT2D eigenvalue weighted by atomic mass is 10.2. The third-order valence-corrected chi connectivity index (χ3v) is 3.01. The van der Waals surface area contributed by atoms with Crippen LogP contribution in [0.25, 0.3) is 0 Å². The highest BCUT2D eigenvalue weighted by Crippen LogP contribution is 2.30. The molecule has 0 saturated carbocycles. The van der Waals surface area contributed by atoms with Gasteiger partial charge in [0.25, 0.3) is 0 Å². The Morgan fingerprint density at radius 2 is 2.10 bits per heavy atom. The van der Waals surface area contributed by atoms with E-state index in [2.05, 4.69) is 26.1 Å². The highest BCUT2D eigenvalue weighted by Gasteiger charge is 2.16. The molecule has 8 heteroatoms. The Bertz CT molecular complexity index is 723. The number of oxime groups is 1. The Labute approximate surface area is 127 Å². The van der Waals surface area contributed by atoms with Crippen molar-refractivity contribution >= 4 is 21.8 Å². The number of hydrogen-bond acceptors (Lipinski definition) is 4. The quantitative estimate of drug-likeness (QED) is 0.290. The number of aromatic nitrogens is 1. The van der Waals surface area contributed by atoms with Crippen LogP contribution < -0.4 is 10.5 Å². The minimum atomic E-state index is -1.16. The summed E-state index contributed by atoms with van der Waals surface area (Å²) in [7, 11) is 0. The first-order chi connectivity index (χ1) is 9.92. The first kappa shape index (κ1) is 15.2. The van der Waals surface area contributed by atoms with Gasteiger partial charge in [0.05, 0.1) is 5.56 Å². The molecule has 0 atom stereocenters. The second-order valence-corrected chi connectivity index (χ2v) is 5.01. The van der Waals surface area contributed by atoms with Gasteiger partial charge in [-0.15, -0.1) is 0 Å². The number of rotatable bonds is 3. The first-order valence-electron chi connectivity index (χ1n) is 5.70. The van der Waals surface area contributed by atoms with E-state index in [0.29, 0.717) is 10.2 Å². The van der Waals surface area contributed by atoms with Crippen molar-refractivity contribution in [2.24, 2.45) is 10.9 Å². The van der Waals surface area contributed by atoms with Gasteiger partial charge in [-0.05, 0) is 31.2 Å². The van der Waals surface area contributed by atoms with Gasteiger partial charge >= 0.3 is 0 Å². The normalized spacial score (nSPS) is 11.5. The molecule has 0 aliphatic carbocycles. The second-order valence-electron chi connectivity index (χ2n) is 4.09. The molecule has 5 nitrogen and oxygen atoms in total. The number of halogens is 3. The summed E-state index contributed by atoms with van der Waals surface area (Å²) >= 11 is 3.04. The predicted molar refractivity (Wildman–Crippen MR) is 75.6 cm³/mol. The van der Waals surface area contributed by atoms with Crippen molar-refractivity contribution < 1.29 is 18.7 Å². The van der Waals surface area contributed by atoms with E-state index in [-0.39, 0.29) is 23.0 Å². The number of nitrogens with zero attached hydrogens (tertiary/aromatic N) is 2. The van der Waals surface area contributed by atoms with Gasteiger partial charge in [-0.3, -0.25) is 0 Å². The van der Waals surface area contributed by atoms with Gasteiger partial charge in [0.15, 0.2) is 17.4 Å². The summed E-state index contributed by atoms with van der Waals surface area (Å²) in [5.74, 6) is -2.95. The van der Waals surface area contributed by atoms with E-state index in [1.807, 2.05) is 0 Å². The number of ether oxygens (including phenoxy) is 1. The van der Waals surface area contributed by atoms with E-state index in [9.17, 15) is 8.78 Å². The van der Waals surface area contributed by atoms with Crippen LogP contribution in [0.4, 0.5) is 8.78 Å². The summed E-state index contributed by atoms with van der Waals surface area (Å²) in [6.07, 6.45) is 0. The third kappa shape index (κ3) is 3.27. The predicted octanol–water partition coefficient (Wildman–Crippen LogP) is 3.32. The summed E-state index contributed by atoms with van der Waals surface area (Å²) < 4.78 is 32.7. The van der Waals surface area contributed by atoms with Crippen LogP contribution in [-0.2, 0) is 0 Å². The number of benzene rings is 1. The zero-order chi connectivity index (χ0) is 15.6. The van der Waals surface area contributed by atoms with Gasteiger partial charge < -0.3 is 15.7 Å². The molecular formula is C13H10BrF2N3O2. The van der Waals surface area contributed by atoms with Crippen LogP contribution in [0.5, 0.6) is 11.6 Å². The zero-order valence-corrected chi connectivity index (χ0v) is 12.4. The lowest BCUT2D eigenvalue weighted by molar-refractivity contribution is 0.318. The van der Waals surface area contributed by atoms with Crippen LogP contribution in [-0.4, -0.2) is 16.0 Å². The van der Waals surface area contributed by atoms with Crippen LogP contribution in [0.3, 0.4) is 0 Å². The fourth-order valence-corrected chi connectivity index (χ4v) is 1.98. The summed E-state index contributed by atoms with van der Waals surface area (Å²) in [6.45, 7) is 1.68. The second kappa shape index (κ2) is 6.04. The van der Waals surface area contributed by atoms with Gasteiger partial charge in [-0.25, -0.2) is 9.37 Å². The van der Waals surface area contributed by atoms with Crippen molar-refractivity contribution in [1.29, 1.82) is 0 Å². The van der Waals surface area contributed by atoms with E-state index in [4.69, 9.17) is 15.7 Å². The molecule has 0 saturated heterocycles. The maximum Gasteiger partial charge on any atom is 0.230 e. The van der Waals surface area contributed by atoms with Crippen LogP contribution in [0.15, 0.2) is 33.9 Å². The van der Waals surface area contributed by atoms with Crippen molar-refractivity contribution in [1.82, 2.24) is 4.98 Å². The first-order valence-corrected chi connectivity index (χ1v) is 6.49. The summed E-state index contributed by atoms with van der Waals surface area (Å²) in [5.41, 5.74) is 6.22. The van der Waals surface area contributed by atoms with Crippen LogP contribution in [0, 0.1) is 18.6 Å². The Morgan fingerprint density at radius 3 is 2.76 bits per heavy atom. The molecule has 0 unspecified atom stereocenters. The summed E-state index contributed by atoms with van der Waals surface area (Å²) in [5, 5.41) is 11.6. The maximum absolute atomic E-state index is 13.7. The van der Waals surface area contributed by atoms with Crippen LogP contribution in [0.2, 0.25) is 0 Å². The highest BCUT2D eigenvalue weighted by atomic mass is 79.9. The fraction of sp³-hybridized carbons (Fsp3) is 0.0769. The molecule has 0 bridgehead atoms. The molecule has 0 spiro atoms. The fourth-order valence-electron chi connectivity index (χ4n) is 1.57. The van der Waals surface area contributed by atoms with Gasteiger partial charge in [0.1, 0.15) is 0 Å². The molecule has 3 N–H and O–H groups in total. The van der Waals surface area contributed by atoms with Crippen molar-refractivity contribution in [2.75, 3.05) is 0 Å². The molecule has 0 aliphatic rings. The van der Waals surface area contributed by atoms with Crippen molar-refractivity contribution in [3.05, 3.63) is 51.6 Å². The van der Waals surface area contributed by atoms with E-state index in [1.165, 1.54) is 12.1 Å². The monoisotopic (exact) mass is 357 g/mol. The molecule has 0 radical (unpaired) electrons. The van der Waals surface area contributed by atoms with Crippen LogP contribution >= 0.6 is 15.9 Å². The molecule has 0 aliphatic heterocycles. The van der Waals surface area contributed by atoms with Gasteiger partial charge in [0.2, 0.25) is 11.7 Å². The average Bonchev–Trinajstić information content (AvgIpc) is 2.43. The Kier molecular flexibility index (Phi) is 4.37. The van der Waals surface area contributed by atoms with Crippen molar-refractivity contribution in [3.8, 4) is 11.6 Å². The number of nitrogens with two attached hydrogens (primary N) is 1. The molecule has 1 aromatic heterocycles. The van der Waals surface area contributed by atoms with E-state index in [0.717, 1.165) is 6.07 Å². The minimum absolute atomic E-state index is 0.0956. The number of hydrogen-bond donors (Lipinski definition) is 2. The molecule has 0 fully saturated rings. The Balaban J connectivity index is 2.51. The van der Waals surface area contributed by atoms with Gasteiger partial charge in [-0.1, -0.05) is 21.1 Å². The summed E-state index contributed by atoms with van der Waals surface area (Å²) in [4.78, 5) is 4.04. The molecule has 1 aromatic carbocycles. The molecule has 110 valence electrons.